The van der Waals surface area contributed by atoms with E-state index in [2.05, 4.69) is 101 Å². The van der Waals surface area contributed by atoms with E-state index >= 15 is 0 Å². The average Bonchev–Trinajstić information content (AvgIpc) is 3.20. The van der Waals surface area contributed by atoms with Crippen LogP contribution in [0.3, 0.4) is 0 Å². The molecule has 1 heterocycles. The van der Waals surface area contributed by atoms with Gasteiger partial charge in [0.15, 0.2) is 0 Å². The van der Waals surface area contributed by atoms with Crippen molar-refractivity contribution in [3.05, 3.63) is 119 Å². The lowest BCUT2D eigenvalue weighted by Crippen LogP contribution is -1.89. The van der Waals surface area contributed by atoms with Crippen LogP contribution in [0.5, 0.6) is 0 Å². The van der Waals surface area contributed by atoms with Crippen molar-refractivity contribution in [3.63, 3.8) is 0 Å². The molecule has 0 spiro atoms. The number of hydrogen-bond acceptors (Lipinski definition) is 1. The van der Waals surface area contributed by atoms with E-state index in [0.717, 1.165) is 48.1 Å². The normalized spacial score (nSPS) is 11.3. The molecule has 6 aromatic rings. The fraction of sp³-hybridized carbons (Fsp3) is 0. The van der Waals surface area contributed by atoms with Gasteiger partial charge in [0, 0.05) is 20.3 Å². The molecule has 33 heavy (non-hydrogen) atoms. The second-order valence-corrected chi connectivity index (χ2v) is 9.41. The Morgan fingerprint density at radius 3 is 1.88 bits per heavy atom. The molecule has 0 fully saturated rings. The molecule has 0 radical (unpaired) electrons. The number of hydrogen-bond donors (Lipinski definition) is 0. The summed E-state index contributed by atoms with van der Waals surface area (Å²) in [6, 6.07) is 37.7. The molecule has 0 atom stereocenters. The summed E-state index contributed by atoms with van der Waals surface area (Å²) in [7, 11) is 0. The Morgan fingerprint density at radius 2 is 1.18 bits per heavy atom. The Hall–Kier alpha value is -3.33. The van der Waals surface area contributed by atoms with Crippen LogP contribution in [-0.2, 0) is 0 Å². The highest BCUT2D eigenvalue weighted by atomic mass is 79.9. The van der Waals surface area contributed by atoms with Gasteiger partial charge in [0.2, 0.25) is 0 Å². The summed E-state index contributed by atoms with van der Waals surface area (Å²) in [5.41, 5.74) is 8.74. The molecule has 1 nitrogen and oxygen atoms in total. The van der Waals surface area contributed by atoms with Gasteiger partial charge in [-0.05, 0) is 75.8 Å². The van der Waals surface area contributed by atoms with E-state index in [4.69, 9.17) is 16.0 Å². The zero-order valence-corrected chi connectivity index (χ0v) is 19.9. The highest BCUT2D eigenvalue weighted by Gasteiger charge is 2.14. The van der Waals surface area contributed by atoms with Crippen LogP contribution in [-0.4, -0.2) is 0 Å². The first-order valence-electron chi connectivity index (χ1n) is 10.7. The zero-order chi connectivity index (χ0) is 22.4. The standard InChI is InChI=1S/C30H18BrClO/c31-21-13-14-27-28-17-20(12-15-29(28)33-30(27)18-21)24-9-2-4-11-26(24)25-10-3-1-8-23(25)19-6-5-7-22(32)16-19/h1-18H. The third-order valence-electron chi connectivity index (χ3n) is 6.02. The molecule has 0 aliphatic heterocycles. The summed E-state index contributed by atoms with van der Waals surface area (Å²) in [4.78, 5) is 0. The van der Waals surface area contributed by atoms with Crippen LogP contribution in [0.1, 0.15) is 0 Å². The van der Waals surface area contributed by atoms with E-state index in [1.807, 2.05) is 24.3 Å². The zero-order valence-electron chi connectivity index (χ0n) is 17.6. The van der Waals surface area contributed by atoms with Crippen molar-refractivity contribution in [3.8, 4) is 33.4 Å². The maximum atomic E-state index is 6.31. The van der Waals surface area contributed by atoms with Crippen LogP contribution >= 0.6 is 27.5 Å². The summed E-state index contributed by atoms with van der Waals surface area (Å²) < 4.78 is 7.10. The number of halogens is 2. The van der Waals surface area contributed by atoms with Gasteiger partial charge in [0.05, 0.1) is 0 Å². The van der Waals surface area contributed by atoms with E-state index in [9.17, 15) is 0 Å². The lowest BCUT2D eigenvalue weighted by Gasteiger charge is -2.15. The predicted octanol–water partition coefficient (Wildman–Crippen LogP) is 10.0. The summed E-state index contributed by atoms with van der Waals surface area (Å²) in [5.74, 6) is 0. The van der Waals surface area contributed by atoms with E-state index in [1.165, 1.54) is 16.7 Å². The summed E-state index contributed by atoms with van der Waals surface area (Å²) >= 11 is 9.85. The van der Waals surface area contributed by atoms with Crippen LogP contribution < -0.4 is 0 Å². The molecular formula is C30H18BrClO. The third kappa shape index (κ3) is 3.66. The van der Waals surface area contributed by atoms with Crippen molar-refractivity contribution >= 4 is 49.5 Å². The fourth-order valence-corrected chi connectivity index (χ4v) is 5.04. The van der Waals surface area contributed by atoms with Crippen molar-refractivity contribution in [1.29, 1.82) is 0 Å². The van der Waals surface area contributed by atoms with Crippen LogP contribution in [0, 0.1) is 0 Å². The molecule has 5 aromatic carbocycles. The van der Waals surface area contributed by atoms with Crippen LogP contribution in [0.25, 0.3) is 55.3 Å². The van der Waals surface area contributed by atoms with Gasteiger partial charge in [-0.15, -0.1) is 0 Å². The Bertz CT molecular complexity index is 1650. The van der Waals surface area contributed by atoms with Crippen LogP contribution in [0.4, 0.5) is 0 Å². The lowest BCUT2D eigenvalue weighted by molar-refractivity contribution is 0.668. The summed E-state index contributed by atoms with van der Waals surface area (Å²) in [6.07, 6.45) is 0. The topological polar surface area (TPSA) is 13.1 Å². The van der Waals surface area contributed by atoms with E-state index in [0.29, 0.717) is 0 Å². The summed E-state index contributed by atoms with van der Waals surface area (Å²) in [5, 5.41) is 2.97. The molecule has 1 aromatic heterocycles. The smallest absolute Gasteiger partial charge is 0.136 e. The van der Waals surface area contributed by atoms with E-state index in [1.54, 1.807) is 0 Å². The molecule has 0 unspecified atom stereocenters. The minimum Gasteiger partial charge on any atom is -0.456 e. The van der Waals surface area contributed by atoms with Gasteiger partial charge in [0.1, 0.15) is 11.2 Å². The molecule has 0 saturated carbocycles. The second kappa shape index (κ2) is 8.22. The lowest BCUT2D eigenvalue weighted by atomic mass is 9.89. The van der Waals surface area contributed by atoms with Crippen molar-refractivity contribution in [2.45, 2.75) is 0 Å². The first-order valence-corrected chi connectivity index (χ1v) is 11.9. The van der Waals surface area contributed by atoms with Crippen LogP contribution in [0.15, 0.2) is 118 Å². The Balaban J connectivity index is 1.56. The van der Waals surface area contributed by atoms with Gasteiger partial charge in [-0.25, -0.2) is 0 Å². The van der Waals surface area contributed by atoms with Gasteiger partial charge in [-0.3, -0.25) is 0 Å². The number of fused-ring (bicyclic) bond motifs is 3. The highest BCUT2D eigenvalue weighted by Crippen LogP contribution is 2.40. The van der Waals surface area contributed by atoms with Gasteiger partial charge < -0.3 is 4.42 Å². The number of benzene rings is 5. The SMILES string of the molecule is Clc1cccc(-c2ccccc2-c2ccccc2-c2ccc3oc4cc(Br)ccc4c3c2)c1. The highest BCUT2D eigenvalue weighted by molar-refractivity contribution is 9.10. The number of furan rings is 1. The maximum Gasteiger partial charge on any atom is 0.136 e. The van der Waals surface area contributed by atoms with Crippen molar-refractivity contribution in [2.75, 3.05) is 0 Å². The molecule has 0 aliphatic rings. The molecule has 158 valence electrons. The Morgan fingerprint density at radius 1 is 0.515 bits per heavy atom. The molecule has 3 heteroatoms. The van der Waals surface area contributed by atoms with Crippen LogP contribution in [0.2, 0.25) is 5.02 Å². The molecule has 6 rings (SSSR count). The first kappa shape index (κ1) is 20.3. The predicted molar refractivity (Wildman–Crippen MR) is 143 cm³/mol. The minimum absolute atomic E-state index is 0.736. The molecule has 0 amide bonds. The molecule has 0 bridgehead atoms. The third-order valence-corrected chi connectivity index (χ3v) is 6.75. The minimum atomic E-state index is 0.736. The van der Waals surface area contributed by atoms with Crippen molar-refractivity contribution in [2.24, 2.45) is 0 Å². The Kier molecular flexibility index (Phi) is 5.05. The quantitative estimate of drug-likeness (QED) is 0.231. The van der Waals surface area contributed by atoms with Crippen molar-refractivity contribution in [1.82, 2.24) is 0 Å². The van der Waals surface area contributed by atoms with Gasteiger partial charge >= 0.3 is 0 Å². The molecule has 0 aliphatic carbocycles. The largest absolute Gasteiger partial charge is 0.456 e. The van der Waals surface area contributed by atoms with E-state index < -0.39 is 0 Å². The van der Waals surface area contributed by atoms with Gasteiger partial charge in [0.25, 0.3) is 0 Å². The fourth-order valence-electron chi connectivity index (χ4n) is 4.51. The average molecular weight is 510 g/mol. The molecular weight excluding hydrogens is 492 g/mol. The molecule has 0 saturated heterocycles. The van der Waals surface area contributed by atoms with E-state index in [-0.39, 0.29) is 0 Å². The monoisotopic (exact) mass is 508 g/mol. The van der Waals surface area contributed by atoms with Crippen molar-refractivity contribution < 1.29 is 4.42 Å². The summed E-state index contributed by atoms with van der Waals surface area (Å²) in [6.45, 7) is 0. The second-order valence-electron chi connectivity index (χ2n) is 8.05. The van der Waals surface area contributed by atoms with Gasteiger partial charge in [-0.1, -0.05) is 94.3 Å². The number of rotatable bonds is 3. The molecule has 0 N–H and O–H groups in total. The first-order chi connectivity index (χ1) is 16.2. The Labute approximate surface area is 205 Å². The maximum absolute atomic E-state index is 6.31. The van der Waals surface area contributed by atoms with Gasteiger partial charge in [-0.2, -0.15) is 0 Å².